The van der Waals surface area contributed by atoms with Gasteiger partial charge in [-0.3, -0.25) is 4.79 Å². The van der Waals surface area contributed by atoms with Gasteiger partial charge in [0, 0.05) is 17.7 Å². The molecule has 5 heteroatoms. The van der Waals surface area contributed by atoms with Crippen LogP contribution < -0.4 is 14.4 Å². The van der Waals surface area contributed by atoms with Crippen LogP contribution in [0.4, 0.5) is 5.69 Å². The summed E-state index contributed by atoms with van der Waals surface area (Å²) < 4.78 is 11.9. The van der Waals surface area contributed by atoms with Gasteiger partial charge in [-0.2, -0.15) is 0 Å². The summed E-state index contributed by atoms with van der Waals surface area (Å²) in [5.74, 6) is 1.62. The van der Waals surface area contributed by atoms with Gasteiger partial charge in [-0.15, -0.1) is 0 Å². The molecule has 0 unspecified atom stereocenters. The molecule has 1 aliphatic rings. The summed E-state index contributed by atoms with van der Waals surface area (Å²) in [5.41, 5.74) is 3.46. The van der Waals surface area contributed by atoms with E-state index in [2.05, 4.69) is 36.4 Å². The van der Waals surface area contributed by atoms with Crippen molar-refractivity contribution in [2.45, 2.75) is 13.8 Å². The molecule has 146 valence electrons. The molecule has 3 rings (SSSR count). The maximum absolute atomic E-state index is 13.1. The Morgan fingerprint density at radius 1 is 1.25 bits per heavy atom. The van der Waals surface area contributed by atoms with Crippen molar-refractivity contribution < 1.29 is 14.3 Å². The molecule has 2 aromatic rings. The second-order valence-electron chi connectivity index (χ2n) is 7.02. The summed E-state index contributed by atoms with van der Waals surface area (Å²) in [5, 5.41) is 0. The molecule has 1 heterocycles. The van der Waals surface area contributed by atoms with E-state index < -0.39 is 0 Å². The third-order valence-electron chi connectivity index (χ3n) is 4.42. The number of hydrogen-bond acceptors (Lipinski definition) is 3. The Kier molecular flexibility index (Phi) is 6.25. The number of ether oxygens (including phenoxy) is 2. The summed E-state index contributed by atoms with van der Waals surface area (Å²) in [6.07, 6.45) is 3.59. The van der Waals surface area contributed by atoms with Crippen LogP contribution in [0.15, 0.2) is 53.5 Å². The highest BCUT2D eigenvalue weighted by Gasteiger charge is 2.32. The van der Waals surface area contributed by atoms with E-state index in [4.69, 9.17) is 9.47 Å². The molecular weight excluding hydrogens is 418 g/mol. The quantitative estimate of drug-likeness (QED) is 0.416. The van der Waals surface area contributed by atoms with E-state index in [0.29, 0.717) is 36.1 Å². The molecule has 0 spiro atoms. The van der Waals surface area contributed by atoms with E-state index in [0.717, 1.165) is 21.3 Å². The van der Waals surface area contributed by atoms with Gasteiger partial charge in [0.05, 0.1) is 17.3 Å². The second kappa shape index (κ2) is 8.65. The number of amides is 1. The fourth-order valence-corrected chi connectivity index (χ4v) is 3.84. The third kappa shape index (κ3) is 3.99. The highest BCUT2D eigenvalue weighted by Crippen LogP contribution is 2.41. The number of carbonyl (C=O) groups excluding carboxylic acids is 1. The lowest BCUT2D eigenvalue weighted by Crippen LogP contribution is -2.30. The number of para-hydroxylation sites is 1. The van der Waals surface area contributed by atoms with Crippen molar-refractivity contribution in [2.24, 2.45) is 5.92 Å². The zero-order valence-corrected chi connectivity index (χ0v) is 18.0. The molecule has 0 aliphatic carbocycles. The first-order valence-corrected chi connectivity index (χ1v) is 9.99. The van der Waals surface area contributed by atoms with E-state index in [-0.39, 0.29) is 5.91 Å². The molecule has 0 N–H and O–H groups in total. The Bertz CT molecular complexity index is 933. The standard InChI is InChI=1S/C23H24BrNO3/c1-5-10-28-22-19(24)12-16(13-21(22)27-4)11-18-17-8-6-7-9-20(17)25(23(18)26)14-15(2)3/h5-9,11-13,15H,1,10,14H2,2-4H3/b18-11-. The largest absolute Gasteiger partial charge is 0.493 e. The van der Waals surface area contributed by atoms with Crippen LogP contribution in [0.1, 0.15) is 25.0 Å². The average molecular weight is 442 g/mol. The van der Waals surface area contributed by atoms with Crippen LogP contribution in [0.3, 0.4) is 0 Å². The second-order valence-corrected chi connectivity index (χ2v) is 7.87. The molecule has 0 radical (unpaired) electrons. The van der Waals surface area contributed by atoms with Gasteiger partial charge in [-0.1, -0.05) is 44.7 Å². The monoisotopic (exact) mass is 441 g/mol. The molecule has 28 heavy (non-hydrogen) atoms. The molecule has 4 nitrogen and oxygen atoms in total. The number of methoxy groups -OCH3 is 1. The smallest absolute Gasteiger partial charge is 0.259 e. The summed E-state index contributed by atoms with van der Waals surface area (Å²) in [7, 11) is 1.60. The molecule has 1 amide bonds. The van der Waals surface area contributed by atoms with Gasteiger partial charge in [0.25, 0.3) is 5.91 Å². The fraction of sp³-hybridized carbons (Fsp3) is 0.261. The number of benzene rings is 2. The summed E-state index contributed by atoms with van der Waals surface area (Å²) in [6.45, 7) is 8.97. The molecule has 1 aliphatic heterocycles. The lowest BCUT2D eigenvalue weighted by molar-refractivity contribution is -0.113. The molecule has 0 bridgehead atoms. The molecule has 0 atom stereocenters. The van der Waals surface area contributed by atoms with Crippen LogP contribution in [-0.2, 0) is 4.79 Å². The van der Waals surface area contributed by atoms with E-state index in [9.17, 15) is 4.79 Å². The van der Waals surface area contributed by atoms with Crippen molar-refractivity contribution in [1.29, 1.82) is 0 Å². The predicted octanol–water partition coefficient (Wildman–Crippen LogP) is 5.57. The predicted molar refractivity (Wildman–Crippen MR) is 118 cm³/mol. The van der Waals surface area contributed by atoms with Gasteiger partial charge >= 0.3 is 0 Å². The van der Waals surface area contributed by atoms with Gasteiger partial charge in [-0.25, -0.2) is 0 Å². The molecule has 2 aromatic carbocycles. The fourth-order valence-electron chi connectivity index (χ4n) is 3.26. The Morgan fingerprint density at radius 3 is 2.68 bits per heavy atom. The summed E-state index contributed by atoms with van der Waals surface area (Å²) >= 11 is 3.55. The SMILES string of the molecule is C=CCOc1c(Br)cc(/C=C2\C(=O)N(CC(C)C)c3ccccc32)cc1OC. The van der Waals surface area contributed by atoms with Gasteiger partial charge in [0.1, 0.15) is 6.61 Å². The number of halogens is 1. The lowest BCUT2D eigenvalue weighted by atomic mass is 10.0. The van der Waals surface area contributed by atoms with E-state index in [1.165, 1.54) is 0 Å². The molecule has 0 saturated heterocycles. The topological polar surface area (TPSA) is 38.8 Å². The molecule has 0 fully saturated rings. The minimum atomic E-state index is 0.0250. The van der Waals surface area contributed by atoms with E-state index in [1.54, 1.807) is 13.2 Å². The van der Waals surface area contributed by atoms with Crippen LogP contribution in [0.25, 0.3) is 11.6 Å². The molecule has 0 saturated carbocycles. The van der Waals surface area contributed by atoms with Crippen molar-refractivity contribution in [3.05, 3.63) is 64.7 Å². The first-order chi connectivity index (χ1) is 13.5. The number of nitrogens with zero attached hydrogens (tertiary/aromatic N) is 1. The number of fused-ring (bicyclic) bond motifs is 1. The average Bonchev–Trinajstić information content (AvgIpc) is 2.92. The van der Waals surface area contributed by atoms with Gasteiger partial charge in [0.15, 0.2) is 11.5 Å². The minimum Gasteiger partial charge on any atom is -0.493 e. The molecular formula is C23H24BrNO3. The van der Waals surface area contributed by atoms with Gasteiger partial charge in [0.2, 0.25) is 0 Å². The summed E-state index contributed by atoms with van der Waals surface area (Å²) in [4.78, 5) is 15.0. The van der Waals surface area contributed by atoms with Crippen molar-refractivity contribution >= 4 is 39.2 Å². The minimum absolute atomic E-state index is 0.0250. The van der Waals surface area contributed by atoms with Gasteiger partial charge in [-0.05, 0) is 51.7 Å². The normalized spacial score (nSPS) is 14.5. The number of anilines is 1. The zero-order valence-electron chi connectivity index (χ0n) is 16.4. The van der Waals surface area contributed by atoms with Crippen molar-refractivity contribution in [1.82, 2.24) is 0 Å². The Morgan fingerprint density at radius 2 is 2.00 bits per heavy atom. The lowest BCUT2D eigenvalue weighted by Gasteiger charge is -2.19. The van der Waals surface area contributed by atoms with Crippen molar-refractivity contribution in [2.75, 3.05) is 25.2 Å². The van der Waals surface area contributed by atoms with Crippen LogP contribution in [0.2, 0.25) is 0 Å². The third-order valence-corrected chi connectivity index (χ3v) is 5.01. The van der Waals surface area contributed by atoms with Crippen molar-refractivity contribution in [3.8, 4) is 11.5 Å². The first-order valence-electron chi connectivity index (χ1n) is 9.20. The Labute approximate surface area is 174 Å². The van der Waals surface area contributed by atoms with Crippen molar-refractivity contribution in [3.63, 3.8) is 0 Å². The maximum Gasteiger partial charge on any atom is 0.259 e. The van der Waals surface area contributed by atoms with Gasteiger partial charge < -0.3 is 14.4 Å². The van der Waals surface area contributed by atoms with Crippen LogP contribution in [-0.4, -0.2) is 26.2 Å². The number of hydrogen-bond donors (Lipinski definition) is 0. The van der Waals surface area contributed by atoms with Crippen LogP contribution >= 0.6 is 15.9 Å². The van der Waals surface area contributed by atoms with Crippen LogP contribution in [0, 0.1) is 5.92 Å². The van der Waals surface area contributed by atoms with E-state index in [1.807, 2.05) is 47.4 Å². The summed E-state index contributed by atoms with van der Waals surface area (Å²) in [6, 6.07) is 11.7. The van der Waals surface area contributed by atoms with E-state index >= 15 is 0 Å². The zero-order chi connectivity index (χ0) is 20.3. The molecule has 0 aromatic heterocycles. The Hall–Kier alpha value is -2.53. The number of carbonyl (C=O) groups is 1. The highest BCUT2D eigenvalue weighted by atomic mass is 79.9. The Balaban J connectivity index is 2.04. The highest BCUT2D eigenvalue weighted by molar-refractivity contribution is 9.10. The first kappa shape index (κ1) is 20.2. The maximum atomic E-state index is 13.1. The number of rotatable bonds is 7. The van der Waals surface area contributed by atoms with Crippen LogP contribution in [0.5, 0.6) is 11.5 Å².